The molecule has 0 saturated carbocycles. The predicted octanol–water partition coefficient (Wildman–Crippen LogP) is 3.64. The Hall–Kier alpha value is -3.04. The van der Waals surface area contributed by atoms with E-state index < -0.39 is 20.0 Å². The lowest BCUT2D eigenvalue weighted by atomic mass is 10.0. The standard InChI is InChI=1S/C22H22N2O5S2/c1-29-19-10-12-21(13-11-19)31(27,28)24-15-5-6-17-16-18(9-14-22(17)24)23-30(25,26)20-7-3-2-4-8-20/h2-4,7-14,16,23H,5-6,15H2,1H3. The summed E-state index contributed by atoms with van der Waals surface area (Å²) in [5, 5.41) is 0. The van der Waals surface area contributed by atoms with Gasteiger partial charge in [-0.15, -0.1) is 0 Å². The van der Waals surface area contributed by atoms with E-state index >= 15 is 0 Å². The fourth-order valence-corrected chi connectivity index (χ4v) is 6.18. The number of benzene rings is 3. The molecule has 0 amide bonds. The summed E-state index contributed by atoms with van der Waals surface area (Å²) in [6.45, 7) is 0.358. The van der Waals surface area contributed by atoms with Crippen LogP contribution in [0.2, 0.25) is 0 Å². The van der Waals surface area contributed by atoms with Crippen molar-refractivity contribution < 1.29 is 21.6 Å². The van der Waals surface area contributed by atoms with Crippen molar-refractivity contribution in [2.24, 2.45) is 0 Å². The largest absolute Gasteiger partial charge is 0.497 e. The van der Waals surface area contributed by atoms with E-state index in [0.717, 1.165) is 5.56 Å². The number of ether oxygens (including phenoxy) is 1. The second-order valence-electron chi connectivity index (χ2n) is 7.12. The summed E-state index contributed by atoms with van der Waals surface area (Å²) in [6.07, 6.45) is 1.29. The molecule has 9 heteroatoms. The molecule has 3 aromatic rings. The lowest BCUT2D eigenvalue weighted by Gasteiger charge is -2.31. The number of fused-ring (bicyclic) bond motifs is 1. The van der Waals surface area contributed by atoms with Crippen molar-refractivity contribution >= 4 is 31.4 Å². The zero-order valence-corrected chi connectivity index (χ0v) is 18.5. The lowest BCUT2D eigenvalue weighted by molar-refractivity contribution is 0.414. The first kappa shape index (κ1) is 21.2. The Morgan fingerprint density at radius 2 is 1.58 bits per heavy atom. The molecule has 0 bridgehead atoms. The molecule has 1 heterocycles. The number of aryl methyl sites for hydroxylation is 1. The van der Waals surface area contributed by atoms with E-state index in [-0.39, 0.29) is 9.79 Å². The molecule has 1 aliphatic heterocycles. The number of hydrogen-bond acceptors (Lipinski definition) is 5. The van der Waals surface area contributed by atoms with Crippen LogP contribution in [-0.4, -0.2) is 30.5 Å². The Morgan fingerprint density at radius 1 is 0.871 bits per heavy atom. The zero-order chi connectivity index (χ0) is 22.1. The molecule has 162 valence electrons. The smallest absolute Gasteiger partial charge is 0.264 e. The molecule has 7 nitrogen and oxygen atoms in total. The van der Waals surface area contributed by atoms with Crippen LogP contribution in [0.25, 0.3) is 0 Å². The maximum Gasteiger partial charge on any atom is 0.264 e. The summed E-state index contributed by atoms with van der Waals surface area (Å²) in [4.78, 5) is 0.339. The molecule has 0 atom stereocenters. The second-order valence-corrected chi connectivity index (χ2v) is 10.7. The molecule has 0 spiro atoms. The number of nitrogens with one attached hydrogen (secondary N) is 1. The number of anilines is 2. The second kappa shape index (κ2) is 8.24. The molecule has 0 unspecified atom stereocenters. The first-order valence-corrected chi connectivity index (χ1v) is 12.6. The van der Waals surface area contributed by atoms with Gasteiger partial charge in [-0.1, -0.05) is 18.2 Å². The van der Waals surface area contributed by atoms with Crippen molar-refractivity contribution in [3.8, 4) is 5.75 Å². The van der Waals surface area contributed by atoms with Gasteiger partial charge in [0.1, 0.15) is 5.75 Å². The van der Waals surface area contributed by atoms with Gasteiger partial charge in [0, 0.05) is 12.2 Å². The Labute approximate surface area is 182 Å². The van der Waals surface area contributed by atoms with E-state index in [2.05, 4.69) is 4.72 Å². The van der Waals surface area contributed by atoms with E-state index in [1.54, 1.807) is 48.5 Å². The normalized spacial score (nSPS) is 14.0. The van der Waals surface area contributed by atoms with Gasteiger partial charge in [-0.2, -0.15) is 0 Å². The van der Waals surface area contributed by atoms with Crippen molar-refractivity contribution in [1.82, 2.24) is 0 Å². The average Bonchev–Trinajstić information content (AvgIpc) is 2.79. The molecule has 0 saturated heterocycles. The number of hydrogen-bond donors (Lipinski definition) is 1. The fourth-order valence-electron chi connectivity index (χ4n) is 3.56. The minimum Gasteiger partial charge on any atom is -0.497 e. The third kappa shape index (κ3) is 4.24. The number of nitrogens with zero attached hydrogens (tertiary/aromatic N) is 1. The van der Waals surface area contributed by atoms with Crippen LogP contribution in [0.5, 0.6) is 5.75 Å². The highest BCUT2D eigenvalue weighted by atomic mass is 32.2. The molecular weight excluding hydrogens is 436 g/mol. The highest BCUT2D eigenvalue weighted by Crippen LogP contribution is 2.34. The summed E-state index contributed by atoms with van der Waals surface area (Å²) >= 11 is 0. The van der Waals surface area contributed by atoms with Gasteiger partial charge in [0.2, 0.25) is 0 Å². The number of rotatable bonds is 6. The predicted molar refractivity (Wildman–Crippen MR) is 120 cm³/mol. The summed E-state index contributed by atoms with van der Waals surface area (Å²) < 4.78 is 60.7. The van der Waals surface area contributed by atoms with Gasteiger partial charge in [-0.3, -0.25) is 9.03 Å². The van der Waals surface area contributed by atoms with Crippen molar-refractivity contribution in [3.63, 3.8) is 0 Å². The van der Waals surface area contributed by atoms with Crippen LogP contribution in [0.3, 0.4) is 0 Å². The quantitative estimate of drug-likeness (QED) is 0.609. The Morgan fingerprint density at radius 3 is 2.26 bits per heavy atom. The Kier molecular flexibility index (Phi) is 5.63. The molecule has 3 aromatic carbocycles. The third-order valence-corrected chi connectivity index (χ3v) is 8.33. The molecule has 1 N–H and O–H groups in total. The highest BCUT2D eigenvalue weighted by molar-refractivity contribution is 7.93. The van der Waals surface area contributed by atoms with Gasteiger partial charge in [0.25, 0.3) is 20.0 Å². The number of methoxy groups -OCH3 is 1. The molecule has 4 rings (SSSR count). The van der Waals surface area contributed by atoms with E-state index in [0.29, 0.717) is 36.5 Å². The lowest BCUT2D eigenvalue weighted by Crippen LogP contribution is -2.35. The van der Waals surface area contributed by atoms with Gasteiger partial charge in [0.05, 0.1) is 22.6 Å². The zero-order valence-electron chi connectivity index (χ0n) is 16.9. The molecule has 0 radical (unpaired) electrons. The van der Waals surface area contributed by atoms with E-state index in [4.69, 9.17) is 4.74 Å². The average molecular weight is 459 g/mol. The molecule has 31 heavy (non-hydrogen) atoms. The minimum absolute atomic E-state index is 0.163. The van der Waals surface area contributed by atoms with Crippen molar-refractivity contribution in [2.75, 3.05) is 22.7 Å². The molecule has 0 aliphatic carbocycles. The van der Waals surface area contributed by atoms with Crippen molar-refractivity contribution in [2.45, 2.75) is 22.6 Å². The third-order valence-electron chi connectivity index (χ3n) is 5.11. The Bertz CT molecular complexity index is 1290. The van der Waals surface area contributed by atoms with Crippen LogP contribution in [-0.2, 0) is 26.5 Å². The molecule has 0 aromatic heterocycles. The van der Waals surface area contributed by atoms with Gasteiger partial charge in [-0.25, -0.2) is 16.8 Å². The summed E-state index contributed by atoms with van der Waals surface area (Å²) in [7, 11) is -5.96. The van der Waals surface area contributed by atoms with Gasteiger partial charge in [0.15, 0.2) is 0 Å². The van der Waals surface area contributed by atoms with Gasteiger partial charge in [-0.05, 0) is 73.0 Å². The highest BCUT2D eigenvalue weighted by Gasteiger charge is 2.29. The van der Waals surface area contributed by atoms with Gasteiger partial charge < -0.3 is 4.74 Å². The maximum atomic E-state index is 13.2. The first-order chi connectivity index (χ1) is 14.8. The molecule has 1 aliphatic rings. The first-order valence-electron chi connectivity index (χ1n) is 9.69. The monoisotopic (exact) mass is 458 g/mol. The van der Waals surface area contributed by atoms with Crippen LogP contribution < -0.4 is 13.8 Å². The topological polar surface area (TPSA) is 92.8 Å². The van der Waals surface area contributed by atoms with Crippen LogP contribution in [0, 0.1) is 0 Å². The molecule has 0 fully saturated rings. The van der Waals surface area contributed by atoms with Crippen LogP contribution in [0.15, 0.2) is 82.6 Å². The maximum absolute atomic E-state index is 13.2. The fraction of sp³-hybridized carbons (Fsp3) is 0.182. The SMILES string of the molecule is COc1ccc(S(=O)(=O)N2CCCc3cc(NS(=O)(=O)c4ccccc4)ccc32)cc1. The minimum atomic E-state index is -3.75. The van der Waals surface area contributed by atoms with Gasteiger partial charge >= 0.3 is 0 Å². The number of sulfonamides is 2. The Balaban J connectivity index is 1.64. The van der Waals surface area contributed by atoms with E-state index in [9.17, 15) is 16.8 Å². The van der Waals surface area contributed by atoms with Crippen molar-refractivity contribution in [1.29, 1.82) is 0 Å². The molecular formula is C22H22N2O5S2. The van der Waals surface area contributed by atoms with Crippen LogP contribution in [0.1, 0.15) is 12.0 Å². The van der Waals surface area contributed by atoms with Crippen molar-refractivity contribution in [3.05, 3.63) is 78.4 Å². The van der Waals surface area contributed by atoms with E-state index in [1.165, 1.54) is 35.7 Å². The summed E-state index contributed by atoms with van der Waals surface area (Å²) in [5.74, 6) is 0.577. The van der Waals surface area contributed by atoms with E-state index in [1.807, 2.05) is 0 Å². The van der Waals surface area contributed by atoms with Crippen LogP contribution >= 0.6 is 0 Å². The summed E-state index contributed by atoms with van der Waals surface area (Å²) in [6, 6.07) is 19.3. The summed E-state index contributed by atoms with van der Waals surface area (Å²) in [5.41, 5.74) is 1.73. The van der Waals surface area contributed by atoms with Crippen LogP contribution in [0.4, 0.5) is 11.4 Å².